The van der Waals surface area contributed by atoms with E-state index in [2.05, 4.69) is 39.2 Å². The molecule has 0 radical (unpaired) electrons. The maximum Gasteiger partial charge on any atom is 0.337 e. The number of nitrogens with zero attached hydrogens (tertiary/aromatic N) is 2. The fourth-order valence-electron chi connectivity index (χ4n) is 4.90. The Hall–Kier alpha value is -2.99. The minimum atomic E-state index is -0.289. The fourth-order valence-corrected chi connectivity index (χ4v) is 4.90. The van der Waals surface area contributed by atoms with E-state index in [1.54, 1.807) is 0 Å². The largest absolute Gasteiger partial charge is 0.493 e. The molecule has 2 aliphatic rings. The summed E-state index contributed by atoms with van der Waals surface area (Å²) in [6.07, 6.45) is 6.41. The molecule has 3 aromatic rings. The van der Waals surface area contributed by atoms with Crippen molar-refractivity contribution in [3.05, 3.63) is 59.3 Å². The molecular formula is C26H31N3O3. The minimum absolute atomic E-state index is 0.289. The molecule has 0 aliphatic carbocycles. The molecule has 0 bridgehead atoms. The Kier molecular flexibility index (Phi) is 6.04. The molecule has 2 aromatic carbocycles. The van der Waals surface area contributed by atoms with Crippen molar-refractivity contribution in [3.8, 4) is 5.75 Å². The number of hydrogen-bond acceptors (Lipinski definition) is 5. The zero-order valence-electron chi connectivity index (χ0n) is 18.7. The van der Waals surface area contributed by atoms with Gasteiger partial charge >= 0.3 is 5.97 Å². The highest BCUT2D eigenvalue weighted by Gasteiger charge is 2.19. The second-order valence-electron chi connectivity index (χ2n) is 8.74. The van der Waals surface area contributed by atoms with Crippen LogP contribution in [0.25, 0.3) is 10.9 Å². The monoisotopic (exact) mass is 433 g/mol. The van der Waals surface area contributed by atoms with E-state index in [0.717, 1.165) is 81.7 Å². The molecule has 5 rings (SSSR count). The van der Waals surface area contributed by atoms with Crippen molar-refractivity contribution in [1.82, 2.24) is 9.88 Å². The van der Waals surface area contributed by atoms with Crippen molar-refractivity contribution in [1.29, 1.82) is 0 Å². The van der Waals surface area contributed by atoms with Crippen LogP contribution >= 0.6 is 0 Å². The van der Waals surface area contributed by atoms with Gasteiger partial charge in [-0.15, -0.1) is 0 Å². The Morgan fingerprint density at radius 1 is 1.12 bits per heavy atom. The molecule has 0 unspecified atom stereocenters. The Bertz CT molecular complexity index is 1100. The Labute approximate surface area is 189 Å². The van der Waals surface area contributed by atoms with Gasteiger partial charge in [0.1, 0.15) is 5.75 Å². The van der Waals surface area contributed by atoms with E-state index in [9.17, 15) is 4.79 Å². The fraction of sp³-hybridized carbons (Fsp3) is 0.423. The number of carbonyl (C=O) groups excluding carboxylic acids is 1. The second-order valence-corrected chi connectivity index (χ2v) is 8.74. The van der Waals surface area contributed by atoms with Gasteiger partial charge in [-0.05, 0) is 79.8 Å². The number of benzene rings is 2. The third-order valence-electron chi connectivity index (χ3n) is 6.74. The summed E-state index contributed by atoms with van der Waals surface area (Å²) in [6, 6.07) is 12.4. The molecule has 1 fully saturated rings. The number of H-pyrrole nitrogens is 1. The second kappa shape index (κ2) is 9.25. The summed E-state index contributed by atoms with van der Waals surface area (Å²) in [5, 5.41) is 1.12. The van der Waals surface area contributed by atoms with E-state index in [-0.39, 0.29) is 5.97 Å². The maximum atomic E-state index is 11.9. The van der Waals surface area contributed by atoms with Crippen LogP contribution in [0.1, 0.15) is 34.3 Å². The van der Waals surface area contributed by atoms with Crippen LogP contribution in [0.15, 0.2) is 42.6 Å². The minimum Gasteiger partial charge on any atom is -0.493 e. The van der Waals surface area contributed by atoms with Gasteiger partial charge in [0, 0.05) is 49.0 Å². The van der Waals surface area contributed by atoms with Gasteiger partial charge in [-0.3, -0.25) is 4.90 Å². The molecular weight excluding hydrogens is 402 g/mol. The highest BCUT2D eigenvalue weighted by molar-refractivity contribution is 5.95. The predicted octanol–water partition coefficient (Wildman–Crippen LogP) is 4.03. The van der Waals surface area contributed by atoms with E-state index in [1.807, 2.05) is 18.2 Å². The number of aromatic amines is 1. The van der Waals surface area contributed by atoms with Gasteiger partial charge in [0.25, 0.3) is 0 Å². The summed E-state index contributed by atoms with van der Waals surface area (Å²) in [7, 11) is 1.42. The first-order chi connectivity index (χ1) is 15.7. The summed E-state index contributed by atoms with van der Waals surface area (Å²) < 4.78 is 10.6. The summed E-state index contributed by atoms with van der Waals surface area (Å²) in [5.41, 5.74) is 5.61. The van der Waals surface area contributed by atoms with Gasteiger partial charge in [0.15, 0.2) is 0 Å². The van der Waals surface area contributed by atoms with Crippen molar-refractivity contribution < 1.29 is 14.3 Å². The molecule has 0 spiro atoms. The smallest absolute Gasteiger partial charge is 0.337 e. The number of aromatic nitrogens is 1. The number of methoxy groups -OCH3 is 1. The van der Waals surface area contributed by atoms with Gasteiger partial charge in [0.2, 0.25) is 0 Å². The first-order valence-corrected chi connectivity index (χ1v) is 11.6. The van der Waals surface area contributed by atoms with Crippen molar-refractivity contribution >= 4 is 22.6 Å². The lowest BCUT2D eigenvalue weighted by atomic mass is 10.0. The van der Waals surface area contributed by atoms with E-state index in [1.165, 1.54) is 23.9 Å². The average Bonchev–Trinajstić information content (AvgIpc) is 3.26. The van der Waals surface area contributed by atoms with Crippen LogP contribution in [0.3, 0.4) is 0 Å². The molecule has 0 amide bonds. The van der Waals surface area contributed by atoms with Crippen LogP contribution in [0, 0.1) is 0 Å². The number of ether oxygens (including phenoxy) is 2. The van der Waals surface area contributed by atoms with Crippen LogP contribution in [0.2, 0.25) is 0 Å². The summed E-state index contributed by atoms with van der Waals surface area (Å²) >= 11 is 0. The number of rotatable bonds is 6. The van der Waals surface area contributed by atoms with E-state index >= 15 is 0 Å². The summed E-state index contributed by atoms with van der Waals surface area (Å²) in [4.78, 5) is 20.2. The number of esters is 1. The standard InChI is InChI=1S/C26H31N3O3/c1-31-26(30)20-6-8-24-23(17-20)21(18-27-24)4-2-10-28-11-13-29(14-12-28)22-7-9-25-19(16-22)5-3-15-32-25/h6-9,16-18,27H,2-5,10-15H2,1H3. The Balaban J connectivity index is 1.14. The van der Waals surface area contributed by atoms with Gasteiger partial charge in [-0.25, -0.2) is 4.79 Å². The van der Waals surface area contributed by atoms with Crippen LogP contribution in [-0.2, 0) is 17.6 Å². The number of aryl methyl sites for hydroxylation is 2. The molecule has 32 heavy (non-hydrogen) atoms. The predicted molar refractivity (Wildman–Crippen MR) is 127 cm³/mol. The highest BCUT2D eigenvalue weighted by Crippen LogP contribution is 2.29. The molecule has 1 N–H and O–H groups in total. The van der Waals surface area contributed by atoms with Gasteiger partial charge in [0.05, 0.1) is 19.3 Å². The normalized spacial score (nSPS) is 16.6. The molecule has 0 atom stereocenters. The zero-order valence-corrected chi connectivity index (χ0v) is 18.7. The average molecular weight is 434 g/mol. The molecule has 6 nitrogen and oxygen atoms in total. The number of fused-ring (bicyclic) bond motifs is 2. The first kappa shape index (κ1) is 20.9. The molecule has 168 valence electrons. The molecule has 2 aliphatic heterocycles. The Morgan fingerprint density at radius 2 is 2.00 bits per heavy atom. The molecule has 3 heterocycles. The topological polar surface area (TPSA) is 57.8 Å². The lowest BCUT2D eigenvalue weighted by Gasteiger charge is -2.36. The first-order valence-electron chi connectivity index (χ1n) is 11.6. The van der Waals surface area contributed by atoms with E-state index < -0.39 is 0 Å². The van der Waals surface area contributed by atoms with Gasteiger partial charge < -0.3 is 19.4 Å². The van der Waals surface area contributed by atoms with Gasteiger partial charge in [-0.2, -0.15) is 0 Å². The molecule has 0 saturated carbocycles. The van der Waals surface area contributed by atoms with E-state index in [0.29, 0.717) is 5.56 Å². The Morgan fingerprint density at radius 3 is 2.84 bits per heavy atom. The third-order valence-corrected chi connectivity index (χ3v) is 6.74. The summed E-state index contributed by atoms with van der Waals surface area (Å²) in [5.74, 6) is 0.776. The van der Waals surface area contributed by atoms with Gasteiger partial charge in [-0.1, -0.05) is 0 Å². The number of piperazine rings is 1. The third kappa shape index (κ3) is 4.32. The number of anilines is 1. The number of hydrogen-bond donors (Lipinski definition) is 1. The van der Waals surface area contributed by atoms with Crippen molar-refractivity contribution in [2.45, 2.75) is 25.7 Å². The molecule has 1 aromatic heterocycles. The summed E-state index contributed by atoms with van der Waals surface area (Å²) in [6.45, 7) is 6.25. The lowest BCUT2D eigenvalue weighted by molar-refractivity contribution is 0.0601. The molecule has 6 heteroatoms. The van der Waals surface area contributed by atoms with Crippen LogP contribution in [0.5, 0.6) is 5.75 Å². The SMILES string of the molecule is COC(=O)c1ccc2[nH]cc(CCCN3CCN(c4ccc5c(c4)CCCO5)CC3)c2c1. The quantitative estimate of drug-likeness (QED) is 0.595. The number of carbonyl (C=O) groups is 1. The van der Waals surface area contributed by atoms with E-state index in [4.69, 9.17) is 9.47 Å². The van der Waals surface area contributed by atoms with Crippen molar-refractivity contribution in [2.24, 2.45) is 0 Å². The zero-order chi connectivity index (χ0) is 21.9. The van der Waals surface area contributed by atoms with Crippen molar-refractivity contribution in [2.75, 3.05) is 51.3 Å². The lowest BCUT2D eigenvalue weighted by Crippen LogP contribution is -2.46. The van der Waals surface area contributed by atoms with Crippen LogP contribution in [0.4, 0.5) is 5.69 Å². The van der Waals surface area contributed by atoms with Crippen LogP contribution in [-0.4, -0.2) is 62.3 Å². The highest BCUT2D eigenvalue weighted by atomic mass is 16.5. The van der Waals surface area contributed by atoms with Crippen LogP contribution < -0.4 is 9.64 Å². The number of nitrogens with one attached hydrogen (secondary N) is 1. The maximum absolute atomic E-state index is 11.9. The molecule has 1 saturated heterocycles. The van der Waals surface area contributed by atoms with Crippen molar-refractivity contribution in [3.63, 3.8) is 0 Å².